The Balaban J connectivity index is 1.62. The highest BCUT2D eigenvalue weighted by Crippen LogP contribution is 2.38. The second-order valence-electron chi connectivity index (χ2n) is 7.11. The van der Waals surface area contributed by atoms with Gasteiger partial charge in [0.1, 0.15) is 21.6 Å². The summed E-state index contributed by atoms with van der Waals surface area (Å²) in [6, 6.07) is 9.13. The molecular formula is C21H20ClN3O4S. The molecule has 0 spiro atoms. The molecule has 0 aliphatic carbocycles. The van der Waals surface area contributed by atoms with Crippen LogP contribution < -0.4 is 4.90 Å². The Kier molecular flexibility index (Phi) is 5.87. The summed E-state index contributed by atoms with van der Waals surface area (Å²) in [4.78, 5) is 35.7. The van der Waals surface area contributed by atoms with Crippen LogP contribution in [0, 0.1) is 6.92 Å². The number of carbonyl (C=O) groups is 2. The highest BCUT2D eigenvalue weighted by molar-refractivity contribution is 7.20. The zero-order valence-electron chi connectivity index (χ0n) is 16.3. The Morgan fingerprint density at radius 2 is 2.07 bits per heavy atom. The molecule has 1 aromatic carbocycles. The Hall–Kier alpha value is -2.71. The lowest BCUT2D eigenvalue weighted by Crippen LogP contribution is -2.36. The number of aliphatic carboxylic acids is 1. The zero-order chi connectivity index (χ0) is 21.3. The Bertz CT molecular complexity index is 1100. The van der Waals surface area contributed by atoms with Gasteiger partial charge in [0.2, 0.25) is 5.28 Å². The third-order valence-electron chi connectivity index (χ3n) is 5.21. The number of halogens is 1. The fraction of sp³-hybridized carbons (Fsp3) is 0.333. The lowest BCUT2D eigenvalue weighted by atomic mass is 10.1. The van der Waals surface area contributed by atoms with E-state index in [0.29, 0.717) is 45.9 Å². The van der Waals surface area contributed by atoms with Crippen molar-refractivity contribution in [3.63, 3.8) is 0 Å². The number of esters is 1. The summed E-state index contributed by atoms with van der Waals surface area (Å²) in [5, 5.41) is 10.2. The lowest BCUT2D eigenvalue weighted by Gasteiger charge is -2.23. The summed E-state index contributed by atoms with van der Waals surface area (Å²) in [6.07, 6.45) is 1.91. The van der Waals surface area contributed by atoms with Crippen LogP contribution in [0.1, 0.15) is 33.6 Å². The number of thiophene rings is 1. The van der Waals surface area contributed by atoms with E-state index < -0.39 is 18.0 Å². The fourth-order valence-electron chi connectivity index (χ4n) is 3.74. The number of carboxylic acid groups (broad SMARTS) is 1. The number of carbonyl (C=O) groups excluding carboxylic acids is 1. The number of ether oxygens (including phenoxy) is 1. The van der Waals surface area contributed by atoms with E-state index in [4.69, 9.17) is 16.3 Å². The normalized spacial score (nSPS) is 16.2. The minimum atomic E-state index is -0.899. The predicted molar refractivity (Wildman–Crippen MR) is 116 cm³/mol. The average molecular weight is 446 g/mol. The number of aryl methyl sites for hydroxylation is 1. The van der Waals surface area contributed by atoms with Crippen LogP contribution in [0.4, 0.5) is 5.82 Å². The van der Waals surface area contributed by atoms with Crippen molar-refractivity contribution in [2.75, 3.05) is 18.1 Å². The molecule has 1 unspecified atom stereocenters. The Labute approximate surface area is 182 Å². The highest BCUT2D eigenvalue weighted by Gasteiger charge is 2.34. The number of hydrogen-bond donors (Lipinski definition) is 1. The van der Waals surface area contributed by atoms with E-state index in [2.05, 4.69) is 9.97 Å². The highest BCUT2D eigenvalue weighted by atomic mass is 35.5. The molecule has 1 N–H and O–H groups in total. The molecule has 156 valence electrons. The monoisotopic (exact) mass is 445 g/mol. The van der Waals surface area contributed by atoms with E-state index in [9.17, 15) is 14.7 Å². The van der Waals surface area contributed by atoms with Gasteiger partial charge in [-0.15, -0.1) is 11.3 Å². The number of carboxylic acids is 1. The maximum absolute atomic E-state index is 12.7. The molecule has 1 aliphatic rings. The number of benzene rings is 1. The summed E-state index contributed by atoms with van der Waals surface area (Å²) in [7, 11) is 0. The molecule has 0 radical (unpaired) electrons. The summed E-state index contributed by atoms with van der Waals surface area (Å²) in [5.74, 6) is -0.861. The minimum absolute atomic E-state index is 0.0267. The van der Waals surface area contributed by atoms with Crippen LogP contribution in [0.25, 0.3) is 10.2 Å². The second-order valence-corrected chi connectivity index (χ2v) is 8.45. The van der Waals surface area contributed by atoms with Gasteiger partial charge in [-0.3, -0.25) is 0 Å². The van der Waals surface area contributed by atoms with Crippen LogP contribution in [-0.4, -0.2) is 46.2 Å². The molecule has 30 heavy (non-hydrogen) atoms. The topological polar surface area (TPSA) is 92.6 Å². The summed E-state index contributed by atoms with van der Waals surface area (Å²) >= 11 is 7.31. The van der Waals surface area contributed by atoms with Crippen molar-refractivity contribution in [3.8, 4) is 0 Å². The van der Waals surface area contributed by atoms with Crippen molar-refractivity contribution >= 4 is 50.9 Å². The molecule has 1 fully saturated rings. The van der Waals surface area contributed by atoms with Crippen LogP contribution >= 0.6 is 22.9 Å². The van der Waals surface area contributed by atoms with Crippen molar-refractivity contribution in [1.82, 2.24) is 9.97 Å². The fourth-order valence-corrected chi connectivity index (χ4v) is 5.03. The molecule has 3 aromatic rings. The van der Waals surface area contributed by atoms with Gasteiger partial charge < -0.3 is 14.7 Å². The number of fused-ring (bicyclic) bond motifs is 1. The first-order valence-corrected chi connectivity index (χ1v) is 10.8. The first-order valence-electron chi connectivity index (χ1n) is 9.63. The van der Waals surface area contributed by atoms with Crippen LogP contribution in [0.2, 0.25) is 5.28 Å². The molecule has 2 aromatic heterocycles. The van der Waals surface area contributed by atoms with Gasteiger partial charge in [-0.2, -0.15) is 4.98 Å². The molecular weight excluding hydrogens is 426 g/mol. The van der Waals surface area contributed by atoms with E-state index in [1.165, 1.54) is 11.3 Å². The number of aromatic nitrogens is 2. The maximum Gasteiger partial charge on any atom is 0.348 e. The van der Waals surface area contributed by atoms with Gasteiger partial charge in [0.15, 0.2) is 0 Å². The predicted octanol–water partition coefficient (Wildman–Crippen LogP) is 4.11. The van der Waals surface area contributed by atoms with Gasteiger partial charge >= 0.3 is 11.9 Å². The van der Waals surface area contributed by atoms with Gasteiger partial charge in [-0.05, 0) is 42.5 Å². The van der Waals surface area contributed by atoms with Gasteiger partial charge in [-0.1, -0.05) is 30.3 Å². The first kappa shape index (κ1) is 20.6. The van der Waals surface area contributed by atoms with Crippen LogP contribution in [-0.2, 0) is 16.0 Å². The number of rotatable bonds is 6. The van der Waals surface area contributed by atoms with Gasteiger partial charge in [-0.25, -0.2) is 14.6 Å². The van der Waals surface area contributed by atoms with E-state index >= 15 is 0 Å². The SMILES string of the molecule is Cc1c(C(=O)OCCc2ccccc2)sc2nc(Cl)nc(N3CCCC3C(=O)O)c12. The lowest BCUT2D eigenvalue weighted by molar-refractivity contribution is -0.138. The Morgan fingerprint density at radius 3 is 2.80 bits per heavy atom. The quantitative estimate of drug-likeness (QED) is 0.451. The molecule has 9 heteroatoms. The van der Waals surface area contributed by atoms with Gasteiger partial charge in [0, 0.05) is 13.0 Å². The number of hydrogen-bond acceptors (Lipinski definition) is 7. The van der Waals surface area contributed by atoms with E-state index in [0.717, 1.165) is 12.0 Å². The van der Waals surface area contributed by atoms with E-state index in [-0.39, 0.29) is 11.9 Å². The number of nitrogens with zero attached hydrogens (tertiary/aromatic N) is 3. The largest absolute Gasteiger partial charge is 0.480 e. The van der Waals surface area contributed by atoms with Crippen LogP contribution in [0.15, 0.2) is 30.3 Å². The minimum Gasteiger partial charge on any atom is -0.480 e. The van der Waals surface area contributed by atoms with Crippen LogP contribution in [0.3, 0.4) is 0 Å². The summed E-state index contributed by atoms with van der Waals surface area (Å²) < 4.78 is 5.48. The van der Waals surface area contributed by atoms with E-state index in [1.807, 2.05) is 30.3 Å². The zero-order valence-corrected chi connectivity index (χ0v) is 17.9. The summed E-state index contributed by atoms with van der Waals surface area (Å²) in [6.45, 7) is 2.63. The molecule has 7 nitrogen and oxygen atoms in total. The molecule has 3 heterocycles. The van der Waals surface area contributed by atoms with Gasteiger partial charge in [0.05, 0.1) is 12.0 Å². The van der Waals surface area contributed by atoms with Crippen molar-refractivity contribution in [2.24, 2.45) is 0 Å². The smallest absolute Gasteiger partial charge is 0.348 e. The van der Waals surface area contributed by atoms with E-state index in [1.54, 1.807) is 11.8 Å². The second kappa shape index (κ2) is 8.57. The van der Waals surface area contributed by atoms with Crippen LogP contribution in [0.5, 0.6) is 0 Å². The third-order valence-corrected chi connectivity index (χ3v) is 6.54. The third kappa shape index (κ3) is 3.97. The standard InChI is InChI=1S/C21H20ClN3O4S/c1-12-15-17(25-10-5-8-14(25)19(26)27)23-21(22)24-18(15)30-16(12)20(28)29-11-9-13-6-3-2-4-7-13/h2-4,6-7,14H,5,8-11H2,1H3,(H,26,27). The first-order chi connectivity index (χ1) is 14.5. The summed E-state index contributed by atoms with van der Waals surface area (Å²) in [5.41, 5.74) is 1.77. The molecule has 0 saturated carbocycles. The molecule has 0 amide bonds. The molecule has 0 bridgehead atoms. The Morgan fingerprint density at radius 1 is 1.30 bits per heavy atom. The van der Waals surface area contributed by atoms with Crippen molar-refractivity contribution in [2.45, 2.75) is 32.2 Å². The average Bonchev–Trinajstić information content (AvgIpc) is 3.33. The molecule has 1 aliphatic heterocycles. The van der Waals surface area contributed by atoms with Crippen molar-refractivity contribution < 1.29 is 19.4 Å². The molecule has 1 saturated heterocycles. The number of anilines is 1. The maximum atomic E-state index is 12.7. The van der Waals surface area contributed by atoms with Gasteiger partial charge in [0.25, 0.3) is 0 Å². The molecule has 4 rings (SSSR count). The van der Waals surface area contributed by atoms with Crippen molar-refractivity contribution in [1.29, 1.82) is 0 Å². The van der Waals surface area contributed by atoms with Crippen molar-refractivity contribution in [3.05, 3.63) is 51.6 Å². The molecule has 1 atom stereocenters.